The molecule has 4 nitrogen and oxygen atoms in total. The first-order chi connectivity index (χ1) is 6.35. The molecule has 3 N–H and O–H groups in total. The van der Waals surface area contributed by atoms with Crippen molar-refractivity contribution < 1.29 is 9.90 Å². The summed E-state index contributed by atoms with van der Waals surface area (Å²) >= 11 is 0. The monoisotopic (exact) mass is 202 g/mol. The molecule has 84 valence electrons. The van der Waals surface area contributed by atoms with E-state index in [1.165, 1.54) is 0 Å². The molecule has 0 aliphatic carbocycles. The lowest BCUT2D eigenvalue weighted by Gasteiger charge is -2.21. The summed E-state index contributed by atoms with van der Waals surface area (Å²) in [5, 5.41) is 14.5. The minimum atomic E-state index is -0.182. The minimum Gasteiger partial charge on any atom is -0.396 e. The first-order valence-electron chi connectivity index (χ1n) is 5.00. The van der Waals surface area contributed by atoms with Gasteiger partial charge in [0, 0.05) is 18.2 Å². The third-order valence-corrected chi connectivity index (χ3v) is 1.69. The molecular formula is C10H22N2O2. The van der Waals surface area contributed by atoms with E-state index in [2.05, 4.69) is 10.6 Å². The molecule has 0 aromatic heterocycles. The molecule has 1 unspecified atom stereocenters. The van der Waals surface area contributed by atoms with Gasteiger partial charge in [0.2, 0.25) is 5.91 Å². The number of nitrogens with one attached hydrogen (secondary N) is 2. The molecule has 0 saturated heterocycles. The van der Waals surface area contributed by atoms with Crippen molar-refractivity contribution in [1.82, 2.24) is 10.6 Å². The summed E-state index contributed by atoms with van der Waals surface area (Å²) in [7, 11) is 0. The number of rotatable bonds is 5. The zero-order valence-corrected chi connectivity index (χ0v) is 9.55. The van der Waals surface area contributed by atoms with Gasteiger partial charge in [0.05, 0.1) is 6.54 Å². The number of hydrogen-bond donors (Lipinski definition) is 3. The van der Waals surface area contributed by atoms with Crippen LogP contribution in [0.5, 0.6) is 0 Å². The summed E-state index contributed by atoms with van der Waals surface area (Å²) in [4.78, 5) is 11.3. The van der Waals surface area contributed by atoms with Crippen LogP contribution >= 0.6 is 0 Å². The second-order valence-corrected chi connectivity index (χ2v) is 4.59. The highest BCUT2D eigenvalue weighted by atomic mass is 16.3. The first-order valence-corrected chi connectivity index (χ1v) is 5.00. The van der Waals surface area contributed by atoms with Crippen molar-refractivity contribution in [2.24, 2.45) is 0 Å². The van der Waals surface area contributed by atoms with Gasteiger partial charge in [0.1, 0.15) is 0 Å². The van der Waals surface area contributed by atoms with E-state index in [0.717, 1.165) is 0 Å². The number of hydrogen-bond acceptors (Lipinski definition) is 3. The molecule has 0 bridgehead atoms. The topological polar surface area (TPSA) is 61.4 Å². The van der Waals surface area contributed by atoms with Crippen LogP contribution in [0.4, 0.5) is 0 Å². The largest absolute Gasteiger partial charge is 0.396 e. The molecule has 0 heterocycles. The standard InChI is InChI=1S/C10H22N2O2/c1-8(5-6-13)11-7-9(14)12-10(2,3)4/h8,11,13H,5-7H2,1-4H3,(H,12,14). The Bertz CT molecular complexity index is 175. The Kier molecular flexibility index (Phi) is 5.72. The number of aliphatic hydroxyl groups excluding tert-OH is 1. The van der Waals surface area contributed by atoms with Crippen molar-refractivity contribution in [2.45, 2.75) is 45.7 Å². The highest BCUT2D eigenvalue weighted by Crippen LogP contribution is 1.97. The molecule has 0 radical (unpaired) electrons. The van der Waals surface area contributed by atoms with E-state index in [-0.39, 0.29) is 24.1 Å². The first kappa shape index (κ1) is 13.4. The van der Waals surface area contributed by atoms with Crippen LogP contribution in [0.15, 0.2) is 0 Å². The van der Waals surface area contributed by atoms with Crippen molar-refractivity contribution in [3.05, 3.63) is 0 Å². The summed E-state index contributed by atoms with van der Waals surface area (Å²) in [6, 6.07) is 0.172. The maximum atomic E-state index is 11.3. The summed E-state index contributed by atoms with van der Waals surface area (Å²) in [5.41, 5.74) is -0.182. The van der Waals surface area contributed by atoms with Crippen LogP contribution in [0, 0.1) is 0 Å². The third-order valence-electron chi connectivity index (χ3n) is 1.69. The van der Waals surface area contributed by atoms with Gasteiger partial charge < -0.3 is 15.7 Å². The van der Waals surface area contributed by atoms with E-state index in [1.807, 2.05) is 27.7 Å². The number of aliphatic hydroxyl groups is 1. The van der Waals surface area contributed by atoms with Crippen LogP contribution in [0.2, 0.25) is 0 Å². The van der Waals surface area contributed by atoms with Crippen molar-refractivity contribution in [3.63, 3.8) is 0 Å². The predicted molar refractivity (Wildman–Crippen MR) is 57.1 cm³/mol. The molecule has 0 fully saturated rings. The van der Waals surface area contributed by atoms with E-state index in [4.69, 9.17) is 5.11 Å². The maximum absolute atomic E-state index is 11.3. The van der Waals surface area contributed by atoms with Crippen molar-refractivity contribution in [2.75, 3.05) is 13.2 Å². The molecule has 0 aromatic rings. The fourth-order valence-corrected chi connectivity index (χ4v) is 1.03. The van der Waals surface area contributed by atoms with Gasteiger partial charge in [0.15, 0.2) is 0 Å². The van der Waals surface area contributed by atoms with Crippen molar-refractivity contribution in [1.29, 1.82) is 0 Å². The van der Waals surface area contributed by atoms with E-state index in [0.29, 0.717) is 13.0 Å². The van der Waals surface area contributed by atoms with Gasteiger partial charge >= 0.3 is 0 Å². The van der Waals surface area contributed by atoms with Crippen LogP contribution in [0.3, 0.4) is 0 Å². The summed E-state index contributed by atoms with van der Waals surface area (Å²) < 4.78 is 0. The SMILES string of the molecule is CC(CCO)NCC(=O)NC(C)(C)C. The smallest absolute Gasteiger partial charge is 0.234 e. The fourth-order valence-electron chi connectivity index (χ4n) is 1.03. The zero-order chi connectivity index (χ0) is 11.2. The summed E-state index contributed by atoms with van der Waals surface area (Å²) in [6.07, 6.45) is 0.669. The lowest BCUT2D eigenvalue weighted by Crippen LogP contribution is -2.46. The second kappa shape index (κ2) is 5.98. The van der Waals surface area contributed by atoms with Gasteiger partial charge in [-0.3, -0.25) is 4.79 Å². The van der Waals surface area contributed by atoms with Crippen molar-refractivity contribution in [3.8, 4) is 0 Å². The molecule has 0 aromatic carbocycles. The molecular weight excluding hydrogens is 180 g/mol. The molecule has 0 spiro atoms. The quantitative estimate of drug-likeness (QED) is 0.599. The minimum absolute atomic E-state index is 0.0118. The van der Waals surface area contributed by atoms with E-state index in [1.54, 1.807) is 0 Å². The highest BCUT2D eigenvalue weighted by molar-refractivity contribution is 5.78. The van der Waals surface area contributed by atoms with E-state index in [9.17, 15) is 4.79 Å². The molecule has 14 heavy (non-hydrogen) atoms. The predicted octanol–water partition coefficient (Wildman–Crippen LogP) is 0.262. The van der Waals surface area contributed by atoms with E-state index < -0.39 is 0 Å². The Morgan fingerprint density at radius 1 is 1.43 bits per heavy atom. The molecule has 0 aliphatic heterocycles. The molecule has 1 atom stereocenters. The van der Waals surface area contributed by atoms with Crippen molar-refractivity contribution >= 4 is 5.91 Å². The van der Waals surface area contributed by atoms with Gasteiger partial charge in [0.25, 0.3) is 0 Å². The van der Waals surface area contributed by atoms with Crippen LogP contribution in [0.25, 0.3) is 0 Å². The summed E-state index contributed by atoms with van der Waals surface area (Å²) in [6.45, 7) is 8.24. The molecule has 0 saturated carbocycles. The molecule has 0 aliphatic rings. The van der Waals surface area contributed by atoms with Gasteiger partial charge in [-0.1, -0.05) is 0 Å². The maximum Gasteiger partial charge on any atom is 0.234 e. The zero-order valence-electron chi connectivity index (χ0n) is 9.55. The Hall–Kier alpha value is -0.610. The molecule has 4 heteroatoms. The Balaban J connectivity index is 3.64. The Morgan fingerprint density at radius 3 is 2.43 bits per heavy atom. The third kappa shape index (κ3) is 8.01. The number of carbonyl (C=O) groups excluding carboxylic acids is 1. The number of carbonyl (C=O) groups is 1. The van der Waals surface area contributed by atoms with Gasteiger partial charge in [-0.05, 0) is 34.1 Å². The van der Waals surface area contributed by atoms with E-state index >= 15 is 0 Å². The molecule has 0 rings (SSSR count). The van der Waals surface area contributed by atoms with Crippen LogP contribution in [0.1, 0.15) is 34.1 Å². The lowest BCUT2D eigenvalue weighted by atomic mass is 10.1. The van der Waals surface area contributed by atoms with Crippen LogP contribution in [-0.2, 0) is 4.79 Å². The second-order valence-electron chi connectivity index (χ2n) is 4.59. The Morgan fingerprint density at radius 2 is 2.00 bits per heavy atom. The van der Waals surface area contributed by atoms with Crippen LogP contribution < -0.4 is 10.6 Å². The average molecular weight is 202 g/mol. The van der Waals surface area contributed by atoms with Gasteiger partial charge in [-0.25, -0.2) is 0 Å². The molecule has 1 amide bonds. The highest BCUT2D eigenvalue weighted by Gasteiger charge is 2.13. The average Bonchev–Trinajstić information content (AvgIpc) is 1.98. The Labute approximate surface area is 86.1 Å². The lowest BCUT2D eigenvalue weighted by molar-refractivity contribution is -0.121. The normalized spacial score (nSPS) is 13.8. The summed E-state index contributed by atoms with van der Waals surface area (Å²) in [5.74, 6) is -0.0118. The fraction of sp³-hybridized carbons (Fsp3) is 0.900. The van der Waals surface area contributed by atoms with Crippen LogP contribution in [-0.4, -0.2) is 35.7 Å². The number of amides is 1. The van der Waals surface area contributed by atoms with Gasteiger partial charge in [-0.15, -0.1) is 0 Å². The van der Waals surface area contributed by atoms with Gasteiger partial charge in [-0.2, -0.15) is 0 Å².